The molecular weight excluding hydrogens is 294 g/mol. The van der Waals surface area contributed by atoms with Gasteiger partial charge in [0.1, 0.15) is 9.96 Å². The Morgan fingerprint density at radius 3 is 2.85 bits per heavy atom. The maximum absolute atomic E-state index is 11.9. The number of rotatable bonds is 6. The molecule has 2 aromatic rings. The van der Waals surface area contributed by atoms with E-state index in [2.05, 4.69) is 4.40 Å². The quantitative estimate of drug-likeness (QED) is 0.769. The van der Waals surface area contributed by atoms with Crippen molar-refractivity contribution in [2.45, 2.75) is 17.6 Å². The number of nitrogens with zero attached hydrogens (tertiary/aromatic N) is 1. The van der Waals surface area contributed by atoms with Crippen molar-refractivity contribution >= 4 is 27.6 Å². The first kappa shape index (κ1) is 14.7. The second-order valence-electron chi connectivity index (χ2n) is 4.06. The van der Waals surface area contributed by atoms with Gasteiger partial charge in [-0.2, -0.15) is 12.8 Å². The van der Waals surface area contributed by atoms with Gasteiger partial charge in [0.2, 0.25) is 0 Å². The number of ether oxygens (including phenoxy) is 1. The smallest absolute Gasteiger partial charge is 0.291 e. The predicted molar refractivity (Wildman–Crippen MR) is 81.3 cm³/mol. The molecular formula is C14H15NO3S2. The zero-order chi connectivity index (χ0) is 14.4. The summed E-state index contributed by atoms with van der Waals surface area (Å²) < 4.78 is 33.2. The van der Waals surface area contributed by atoms with Crippen molar-refractivity contribution in [3.63, 3.8) is 0 Å². The molecule has 0 unspecified atom stereocenters. The molecule has 0 aliphatic carbocycles. The molecule has 0 bridgehead atoms. The van der Waals surface area contributed by atoms with Crippen LogP contribution < -0.4 is 4.74 Å². The molecule has 0 saturated carbocycles. The van der Waals surface area contributed by atoms with Gasteiger partial charge in [-0.1, -0.05) is 25.1 Å². The van der Waals surface area contributed by atoms with Gasteiger partial charge in [0, 0.05) is 6.21 Å². The number of hydrogen-bond donors (Lipinski definition) is 0. The second kappa shape index (κ2) is 6.67. The molecule has 20 heavy (non-hydrogen) atoms. The molecule has 0 saturated heterocycles. The van der Waals surface area contributed by atoms with E-state index in [1.165, 1.54) is 12.3 Å². The van der Waals surface area contributed by atoms with Gasteiger partial charge in [0.05, 0.1) is 6.61 Å². The topological polar surface area (TPSA) is 55.7 Å². The van der Waals surface area contributed by atoms with Gasteiger partial charge in [0.15, 0.2) is 0 Å². The van der Waals surface area contributed by atoms with Crippen LogP contribution in [0.25, 0.3) is 0 Å². The molecule has 106 valence electrons. The highest BCUT2D eigenvalue weighted by molar-refractivity contribution is 7.92. The minimum absolute atomic E-state index is 0.243. The molecule has 0 aliphatic heterocycles. The van der Waals surface area contributed by atoms with Crippen LogP contribution in [-0.4, -0.2) is 21.2 Å². The average Bonchev–Trinajstić information content (AvgIpc) is 2.98. The number of hydrogen-bond acceptors (Lipinski definition) is 4. The van der Waals surface area contributed by atoms with Crippen LogP contribution in [0.3, 0.4) is 0 Å². The Labute approximate surface area is 122 Å². The third kappa shape index (κ3) is 3.91. The Morgan fingerprint density at radius 1 is 1.30 bits per heavy atom. The van der Waals surface area contributed by atoms with Gasteiger partial charge < -0.3 is 4.74 Å². The fourth-order valence-corrected chi connectivity index (χ4v) is 3.34. The zero-order valence-electron chi connectivity index (χ0n) is 11.0. The molecule has 1 aromatic carbocycles. The van der Waals surface area contributed by atoms with Crippen LogP contribution in [0.15, 0.2) is 50.4 Å². The number of thiophene rings is 1. The molecule has 0 aliphatic rings. The molecule has 0 radical (unpaired) electrons. The summed E-state index contributed by atoms with van der Waals surface area (Å²) in [5.41, 5.74) is 0.693. The SMILES string of the molecule is CCCOc1cccc(/C=N\S(=O)(=O)c2cccs2)c1. The van der Waals surface area contributed by atoms with Crippen molar-refractivity contribution < 1.29 is 13.2 Å². The first-order valence-corrected chi connectivity index (χ1v) is 8.50. The van der Waals surface area contributed by atoms with Crippen LogP contribution in [0.4, 0.5) is 0 Å². The predicted octanol–water partition coefficient (Wildman–Crippen LogP) is 3.34. The minimum atomic E-state index is -3.60. The van der Waals surface area contributed by atoms with E-state index in [0.717, 1.165) is 17.8 Å². The summed E-state index contributed by atoms with van der Waals surface area (Å²) >= 11 is 1.15. The number of benzene rings is 1. The van der Waals surface area contributed by atoms with E-state index in [1.54, 1.807) is 23.6 Å². The first-order chi connectivity index (χ1) is 9.62. The lowest BCUT2D eigenvalue weighted by Gasteiger charge is -2.04. The fraction of sp³-hybridized carbons (Fsp3) is 0.214. The normalized spacial score (nSPS) is 11.8. The molecule has 1 heterocycles. The maximum atomic E-state index is 11.9. The molecule has 0 atom stereocenters. The summed E-state index contributed by atoms with van der Waals surface area (Å²) in [6.45, 7) is 2.66. The molecule has 1 aromatic heterocycles. The Morgan fingerprint density at radius 2 is 2.15 bits per heavy atom. The van der Waals surface area contributed by atoms with Crippen LogP contribution in [0, 0.1) is 0 Å². The van der Waals surface area contributed by atoms with Gasteiger partial charge in [-0.25, -0.2) is 0 Å². The van der Waals surface area contributed by atoms with Crippen molar-refractivity contribution in [2.24, 2.45) is 4.40 Å². The van der Waals surface area contributed by atoms with Crippen molar-refractivity contribution in [2.75, 3.05) is 6.61 Å². The second-order valence-corrected chi connectivity index (χ2v) is 6.87. The molecule has 0 spiro atoms. The van der Waals surface area contributed by atoms with Gasteiger partial charge in [-0.05, 0) is 35.6 Å². The van der Waals surface area contributed by atoms with E-state index in [4.69, 9.17) is 4.74 Å². The highest BCUT2D eigenvalue weighted by Gasteiger charge is 2.12. The summed E-state index contributed by atoms with van der Waals surface area (Å²) in [7, 11) is -3.60. The minimum Gasteiger partial charge on any atom is -0.494 e. The van der Waals surface area contributed by atoms with E-state index in [1.807, 2.05) is 19.1 Å². The molecule has 0 fully saturated rings. The van der Waals surface area contributed by atoms with E-state index in [9.17, 15) is 8.42 Å². The molecule has 4 nitrogen and oxygen atoms in total. The Bertz CT molecular complexity index is 676. The van der Waals surface area contributed by atoms with Crippen LogP contribution in [0.5, 0.6) is 5.75 Å². The third-order valence-corrected chi connectivity index (χ3v) is 5.03. The molecule has 2 rings (SSSR count). The molecule has 0 amide bonds. The molecule has 0 N–H and O–H groups in total. The van der Waals surface area contributed by atoms with Crippen molar-refractivity contribution in [1.29, 1.82) is 0 Å². The van der Waals surface area contributed by atoms with Gasteiger partial charge in [0.25, 0.3) is 10.0 Å². The van der Waals surface area contributed by atoms with Crippen LogP contribution in [0.2, 0.25) is 0 Å². The van der Waals surface area contributed by atoms with Gasteiger partial charge >= 0.3 is 0 Å². The van der Waals surface area contributed by atoms with Crippen molar-refractivity contribution in [3.8, 4) is 5.75 Å². The van der Waals surface area contributed by atoms with Gasteiger partial charge in [-0.15, -0.1) is 11.3 Å². The summed E-state index contributed by atoms with van der Waals surface area (Å²) in [6.07, 6.45) is 2.26. The summed E-state index contributed by atoms with van der Waals surface area (Å²) in [4.78, 5) is 0. The Kier molecular flexibility index (Phi) is 4.92. The highest BCUT2D eigenvalue weighted by Crippen LogP contribution is 2.18. The maximum Gasteiger partial charge on any atom is 0.291 e. The van der Waals surface area contributed by atoms with Gasteiger partial charge in [-0.3, -0.25) is 0 Å². The van der Waals surface area contributed by atoms with E-state index >= 15 is 0 Å². The Balaban J connectivity index is 2.15. The summed E-state index contributed by atoms with van der Waals surface area (Å²) in [5, 5.41) is 1.71. The van der Waals surface area contributed by atoms with Crippen molar-refractivity contribution in [3.05, 3.63) is 47.3 Å². The lowest BCUT2D eigenvalue weighted by Crippen LogP contribution is -1.97. The van der Waals surface area contributed by atoms with Crippen molar-refractivity contribution in [1.82, 2.24) is 0 Å². The molecule has 6 heteroatoms. The third-order valence-electron chi connectivity index (χ3n) is 2.42. The van der Waals surface area contributed by atoms with Crippen LogP contribution in [0.1, 0.15) is 18.9 Å². The van der Waals surface area contributed by atoms with E-state index < -0.39 is 10.0 Å². The standard InChI is InChI=1S/C14H15NO3S2/c1-2-8-18-13-6-3-5-12(10-13)11-15-20(16,17)14-7-4-9-19-14/h3-7,9-11H,2,8H2,1H3/b15-11-. The summed E-state index contributed by atoms with van der Waals surface area (Å²) in [5.74, 6) is 0.712. The fourth-order valence-electron chi connectivity index (χ4n) is 1.50. The Hall–Kier alpha value is -1.66. The lowest BCUT2D eigenvalue weighted by molar-refractivity contribution is 0.317. The summed E-state index contributed by atoms with van der Waals surface area (Å²) in [6, 6.07) is 10.4. The number of sulfonamides is 1. The van der Waals surface area contributed by atoms with Crippen LogP contribution in [-0.2, 0) is 10.0 Å². The van der Waals surface area contributed by atoms with E-state index in [0.29, 0.717) is 17.9 Å². The largest absolute Gasteiger partial charge is 0.494 e. The highest BCUT2D eigenvalue weighted by atomic mass is 32.2. The van der Waals surface area contributed by atoms with E-state index in [-0.39, 0.29) is 4.21 Å². The zero-order valence-corrected chi connectivity index (χ0v) is 12.7. The monoisotopic (exact) mass is 309 g/mol. The average molecular weight is 309 g/mol. The first-order valence-electron chi connectivity index (χ1n) is 6.18. The lowest BCUT2D eigenvalue weighted by atomic mass is 10.2. The van der Waals surface area contributed by atoms with Crippen LogP contribution >= 0.6 is 11.3 Å².